The van der Waals surface area contributed by atoms with Gasteiger partial charge in [-0.1, -0.05) is 0 Å². The molecule has 1 aliphatic heterocycles. The molecule has 0 saturated carbocycles. The van der Waals surface area contributed by atoms with Crippen molar-refractivity contribution in [2.45, 2.75) is 6.42 Å². The maximum Gasteiger partial charge on any atom is 0.309 e. The van der Waals surface area contributed by atoms with E-state index in [0.29, 0.717) is 13.1 Å². The van der Waals surface area contributed by atoms with Gasteiger partial charge in [-0.15, -0.1) is 0 Å². The number of morpholine rings is 1. The largest absolute Gasteiger partial charge is 0.379 e. The second-order valence-electron chi connectivity index (χ2n) is 5.12. The topological polar surface area (TPSA) is 73.9 Å². The molecule has 20 heavy (non-hydrogen) atoms. The fraction of sp³-hybridized carbons (Fsp3) is 0.846. The van der Waals surface area contributed by atoms with Crippen molar-refractivity contribution in [2.75, 3.05) is 66.6 Å². The van der Waals surface area contributed by atoms with Crippen LogP contribution in [0.4, 0.5) is 0 Å². The van der Waals surface area contributed by atoms with Crippen LogP contribution in [0.2, 0.25) is 0 Å². The average Bonchev–Trinajstić information content (AvgIpc) is 2.44. The molecular weight excluding hydrogens is 260 g/mol. The molecule has 0 aliphatic carbocycles. The third-order valence-corrected chi connectivity index (χ3v) is 3.09. The maximum absolute atomic E-state index is 11.5. The molecule has 0 atom stereocenters. The number of carbonyl (C=O) groups excluding carboxylic acids is 2. The van der Waals surface area contributed by atoms with Crippen LogP contribution in [0.5, 0.6) is 0 Å². The monoisotopic (exact) mass is 286 g/mol. The average molecular weight is 286 g/mol. The van der Waals surface area contributed by atoms with Crippen LogP contribution in [-0.2, 0) is 14.3 Å². The lowest BCUT2D eigenvalue weighted by Gasteiger charge is -2.26. The van der Waals surface area contributed by atoms with Crippen LogP contribution in [0.15, 0.2) is 0 Å². The number of carbonyl (C=O) groups is 2. The van der Waals surface area contributed by atoms with Gasteiger partial charge in [0.15, 0.2) is 0 Å². The number of nitrogens with zero attached hydrogens (tertiary/aromatic N) is 2. The highest BCUT2D eigenvalue weighted by Crippen LogP contribution is 1.94. The molecule has 0 aromatic carbocycles. The van der Waals surface area contributed by atoms with Crippen LogP contribution in [0.3, 0.4) is 0 Å². The fourth-order valence-corrected chi connectivity index (χ4v) is 1.91. The number of hydrogen-bond donors (Lipinski definition) is 2. The Morgan fingerprint density at radius 1 is 1.10 bits per heavy atom. The van der Waals surface area contributed by atoms with E-state index in [1.54, 1.807) is 0 Å². The molecule has 116 valence electrons. The zero-order chi connectivity index (χ0) is 14.8. The van der Waals surface area contributed by atoms with Crippen LogP contribution in [0, 0.1) is 0 Å². The van der Waals surface area contributed by atoms with Crippen LogP contribution >= 0.6 is 0 Å². The first-order valence-electron chi connectivity index (χ1n) is 7.10. The van der Waals surface area contributed by atoms with E-state index in [2.05, 4.69) is 15.5 Å². The molecule has 1 saturated heterocycles. The number of nitrogens with one attached hydrogen (secondary N) is 2. The molecule has 0 aromatic rings. The second kappa shape index (κ2) is 9.68. The molecule has 0 spiro atoms. The van der Waals surface area contributed by atoms with Crippen molar-refractivity contribution in [3.05, 3.63) is 0 Å². The van der Waals surface area contributed by atoms with Gasteiger partial charge in [-0.05, 0) is 27.1 Å². The van der Waals surface area contributed by atoms with E-state index in [4.69, 9.17) is 4.74 Å². The molecule has 0 unspecified atom stereocenters. The molecule has 7 nitrogen and oxygen atoms in total. The first-order valence-corrected chi connectivity index (χ1v) is 7.10. The summed E-state index contributed by atoms with van der Waals surface area (Å²) in [4.78, 5) is 27.3. The SMILES string of the molecule is CN(C)CCCNC(=O)C(=O)NCCN1CCOCC1. The van der Waals surface area contributed by atoms with E-state index in [-0.39, 0.29) is 0 Å². The molecule has 0 bridgehead atoms. The smallest absolute Gasteiger partial charge is 0.309 e. The molecular formula is C13H26N4O3. The summed E-state index contributed by atoms with van der Waals surface area (Å²) in [5.41, 5.74) is 0. The first-order chi connectivity index (χ1) is 9.59. The van der Waals surface area contributed by atoms with Crippen molar-refractivity contribution >= 4 is 11.8 Å². The summed E-state index contributed by atoms with van der Waals surface area (Å²) in [6, 6.07) is 0. The van der Waals surface area contributed by atoms with Gasteiger partial charge in [-0.2, -0.15) is 0 Å². The van der Waals surface area contributed by atoms with E-state index < -0.39 is 11.8 Å². The minimum atomic E-state index is -0.553. The molecule has 2 amide bonds. The van der Waals surface area contributed by atoms with Crippen molar-refractivity contribution in [3.8, 4) is 0 Å². The van der Waals surface area contributed by atoms with E-state index in [9.17, 15) is 9.59 Å². The second-order valence-corrected chi connectivity index (χ2v) is 5.12. The van der Waals surface area contributed by atoms with Gasteiger partial charge in [0.05, 0.1) is 13.2 Å². The van der Waals surface area contributed by atoms with Gasteiger partial charge < -0.3 is 20.3 Å². The van der Waals surface area contributed by atoms with Gasteiger partial charge >= 0.3 is 11.8 Å². The number of amides is 2. The third kappa shape index (κ3) is 7.42. The van der Waals surface area contributed by atoms with E-state index in [0.717, 1.165) is 45.8 Å². The Labute approximate surface area is 120 Å². The third-order valence-electron chi connectivity index (χ3n) is 3.09. The molecule has 2 N–H and O–H groups in total. The highest BCUT2D eigenvalue weighted by molar-refractivity contribution is 6.35. The first kappa shape index (κ1) is 16.9. The van der Waals surface area contributed by atoms with Crippen LogP contribution in [0.25, 0.3) is 0 Å². The highest BCUT2D eigenvalue weighted by Gasteiger charge is 2.14. The Hall–Kier alpha value is -1.18. The Bertz CT molecular complexity index is 304. The number of ether oxygens (including phenoxy) is 1. The van der Waals surface area contributed by atoms with Gasteiger partial charge in [0.25, 0.3) is 0 Å². The molecule has 0 aromatic heterocycles. The number of hydrogen-bond acceptors (Lipinski definition) is 5. The molecule has 1 fully saturated rings. The van der Waals surface area contributed by atoms with E-state index >= 15 is 0 Å². The summed E-state index contributed by atoms with van der Waals surface area (Å²) in [5, 5.41) is 5.25. The Morgan fingerprint density at radius 2 is 1.70 bits per heavy atom. The van der Waals surface area contributed by atoms with Crippen molar-refractivity contribution in [2.24, 2.45) is 0 Å². The minimum Gasteiger partial charge on any atom is -0.379 e. The molecule has 1 aliphatic rings. The quantitative estimate of drug-likeness (QED) is 0.440. The Balaban J connectivity index is 2.04. The van der Waals surface area contributed by atoms with Crippen molar-refractivity contribution in [3.63, 3.8) is 0 Å². The van der Waals surface area contributed by atoms with Gasteiger partial charge in [0, 0.05) is 32.7 Å². The molecule has 0 radical (unpaired) electrons. The predicted octanol–water partition coefficient (Wildman–Crippen LogP) is -1.50. The summed E-state index contributed by atoms with van der Waals surface area (Å²) in [5.74, 6) is -1.10. The van der Waals surface area contributed by atoms with Crippen LogP contribution < -0.4 is 10.6 Å². The lowest BCUT2D eigenvalue weighted by atomic mass is 10.4. The zero-order valence-corrected chi connectivity index (χ0v) is 12.5. The Morgan fingerprint density at radius 3 is 2.30 bits per heavy atom. The van der Waals surface area contributed by atoms with Crippen molar-refractivity contribution in [1.82, 2.24) is 20.4 Å². The standard InChI is InChI=1S/C13H26N4O3/c1-16(2)6-3-4-14-12(18)13(19)15-5-7-17-8-10-20-11-9-17/h3-11H2,1-2H3,(H,14,18)(H,15,19). The van der Waals surface area contributed by atoms with E-state index in [1.165, 1.54) is 0 Å². The lowest BCUT2D eigenvalue weighted by Crippen LogP contribution is -2.45. The normalized spacial score (nSPS) is 16.1. The predicted molar refractivity (Wildman–Crippen MR) is 76.4 cm³/mol. The van der Waals surface area contributed by atoms with Crippen LogP contribution in [0.1, 0.15) is 6.42 Å². The maximum atomic E-state index is 11.5. The van der Waals surface area contributed by atoms with Gasteiger partial charge in [-0.25, -0.2) is 0 Å². The van der Waals surface area contributed by atoms with Gasteiger partial charge in [0.1, 0.15) is 0 Å². The molecule has 1 heterocycles. The fourth-order valence-electron chi connectivity index (χ4n) is 1.91. The summed E-state index contributed by atoms with van der Waals surface area (Å²) in [6.07, 6.45) is 0.833. The van der Waals surface area contributed by atoms with Gasteiger partial charge in [0.2, 0.25) is 0 Å². The minimum absolute atomic E-state index is 0.490. The van der Waals surface area contributed by atoms with Gasteiger partial charge in [-0.3, -0.25) is 14.5 Å². The van der Waals surface area contributed by atoms with Crippen molar-refractivity contribution in [1.29, 1.82) is 0 Å². The van der Waals surface area contributed by atoms with E-state index in [1.807, 2.05) is 19.0 Å². The van der Waals surface area contributed by atoms with Crippen LogP contribution in [-0.4, -0.2) is 88.2 Å². The lowest BCUT2D eigenvalue weighted by molar-refractivity contribution is -0.139. The van der Waals surface area contributed by atoms with Crippen molar-refractivity contribution < 1.29 is 14.3 Å². The zero-order valence-electron chi connectivity index (χ0n) is 12.5. The number of rotatable bonds is 7. The molecule has 1 rings (SSSR count). The Kier molecular flexibility index (Phi) is 8.17. The summed E-state index contributed by atoms with van der Waals surface area (Å²) >= 11 is 0. The molecule has 7 heteroatoms. The highest BCUT2D eigenvalue weighted by atomic mass is 16.5. The summed E-state index contributed by atoms with van der Waals surface area (Å²) < 4.78 is 5.24. The summed E-state index contributed by atoms with van der Waals surface area (Å²) in [6.45, 7) is 5.89. The summed E-state index contributed by atoms with van der Waals surface area (Å²) in [7, 11) is 3.94.